The van der Waals surface area contributed by atoms with Crippen LogP contribution in [0.2, 0.25) is 0 Å². The van der Waals surface area contributed by atoms with Gasteiger partial charge < -0.3 is 15.0 Å². The van der Waals surface area contributed by atoms with E-state index in [0.717, 1.165) is 50.5 Å². The molecule has 1 saturated carbocycles. The van der Waals surface area contributed by atoms with Gasteiger partial charge in [-0.2, -0.15) is 0 Å². The maximum atomic E-state index is 12.3. The summed E-state index contributed by atoms with van der Waals surface area (Å²) in [5, 5.41) is 5.23. The number of amides is 3. The summed E-state index contributed by atoms with van der Waals surface area (Å²) in [7, 11) is 0. The summed E-state index contributed by atoms with van der Waals surface area (Å²) in [6.07, 6.45) is 2.00. The minimum atomic E-state index is -0.381. The number of piperazine rings is 1. The first-order valence-electron chi connectivity index (χ1n) is 9.40. The molecule has 7 heteroatoms. The van der Waals surface area contributed by atoms with E-state index in [1.165, 1.54) is 0 Å². The van der Waals surface area contributed by atoms with Gasteiger partial charge in [0.1, 0.15) is 5.75 Å². The molecule has 0 radical (unpaired) electrons. The van der Waals surface area contributed by atoms with Gasteiger partial charge in [0, 0.05) is 32.2 Å². The zero-order valence-electron chi connectivity index (χ0n) is 15.5. The first-order valence-corrected chi connectivity index (χ1v) is 9.40. The quantitative estimate of drug-likeness (QED) is 0.806. The number of carbonyl (C=O) groups is 2. The zero-order valence-corrected chi connectivity index (χ0v) is 15.5. The highest BCUT2D eigenvalue weighted by Crippen LogP contribution is 2.29. The van der Waals surface area contributed by atoms with Crippen LogP contribution in [-0.2, 0) is 4.79 Å². The lowest BCUT2D eigenvalue weighted by molar-refractivity contribution is -0.124. The highest BCUT2D eigenvalue weighted by atomic mass is 16.5. The van der Waals surface area contributed by atoms with E-state index >= 15 is 0 Å². The summed E-state index contributed by atoms with van der Waals surface area (Å²) in [5.41, 5.74) is 1.09. The molecule has 3 rings (SSSR count). The van der Waals surface area contributed by atoms with Crippen LogP contribution < -0.4 is 20.3 Å². The minimum Gasteiger partial charge on any atom is -0.492 e. The monoisotopic (exact) mass is 360 g/mol. The largest absolute Gasteiger partial charge is 0.492 e. The summed E-state index contributed by atoms with van der Waals surface area (Å²) < 4.78 is 5.72. The number of carbonyl (C=O) groups excluding carboxylic acids is 2. The van der Waals surface area contributed by atoms with Crippen LogP contribution in [0.25, 0.3) is 0 Å². The molecule has 0 spiro atoms. The van der Waals surface area contributed by atoms with Gasteiger partial charge in [0.2, 0.25) is 5.91 Å². The van der Waals surface area contributed by atoms with E-state index in [-0.39, 0.29) is 24.0 Å². The molecule has 0 aromatic heterocycles. The van der Waals surface area contributed by atoms with E-state index in [1.807, 2.05) is 32.0 Å². The number of nitrogens with one attached hydrogen (secondary N) is 2. The van der Waals surface area contributed by atoms with Crippen molar-refractivity contribution in [3.05, 3.63) is 24.3 Å². The summed E-state index contributed by atoms with van der Waals surface area (Å²) >= 11 is 0. The number of anilines is 1. The molecule has 26 heavy (non-hydrogen) atoms. The molecule has 2 fully saturated rings. The smallest absolute Gasteiger partial charge is 0.321 e. The molecule has 2 aliphatic rings. The second kappa shape index (κ2) is 8.40. The van der Waals surface area contributed by atoms with E-state index in [4.69, 9.17) is 4.74 Å². The molecule has 1 aliphatic carbocycles. The van der Waals surface area contributed by atoms with Gasteiger partial charge in [-0.25, -0.2) is 4.79 Å². The molecule has 3 amide bonds. The van der Waals surface area contributed by atoms with Gasteiger partial charge in [0.25, 0.3) is 0 Å². The Morgan fingerprint density at radius 3 is 2.54 bits per heavy atom. The molecule has 142 valence electrons. The number of urea groups is 1. The van der Waals surface area contributed by atoms with Crippen molar-refractivity contribution in [2.45, 2.75) is 38.8 Å². The SMILES string of the molecule is CCOc1ccccc1N1CCN(C(C)C(=O)NC(=O)NC2CC2)CC1. The summed E-state index contributed by atoms with van der Waals surface area (Å²) in [4.78, 5) is 28.4. The first-order chi connectivity index (χ1) is 12.6. The maximum absolute atomic E-state index is 12.3. The second-order valence-electron chi connectivity index (χ2n) is 6.84. The van der Waals surface area contributed by atoms with Crippen LogP contribution in [0.3, 0.4) is 0 Å². The third-order valence-electron chi connectivity index (χ3n) is 4.90. The fraction of sp³-hybridized carbons (Fsp3) is 0.579. The molecule has 1 saturated heterocycles. The zero-order chi connectivity index (χ0) is 18.5. The Balaban J connectivity index is 1.51. The Bertz CT molecular complexity index is 639. The predicted molar refractivity (Wildman–Crippen MR) is 101 cm³/mol. The van der Waals surface area contributed by atoms with Gasteiger partial charge in [0.05, 0.1) is 18.3 Å². The molecular weight excluding hydrogens is 332 g/mol. The number of hydrogen-bond acceptors (Lipinski definition) is 5. The third-order valence-corrected chi connectivity index (χ3v) is 4.90. The molecule has 7 nitrogen and oxygen atoms in total. The van der Waals surface area contributed by atoms with Crippen LogP contribution in [-0.4, -0.2) is 61.7 Å². The van der Waals surface area contributed by atoms with Gasteiger partial charge in [-0.15, -0.1) is 0 Å². The lowest BCUT2D eigenvalue weighted by Crippen LogP contribution is -2.55. The van der Waals surface area contributed by atoms with E-state index in [0.29, 0.717) is 6.61 Å². The third kappa shape index (κ3) is 4.66. The van der Waals surface area contributed by atoms with Gasteiger partial charge in [-0.05, 0) is 38.8 Å². The van der Waals surface area contributed by atoms with Crippen molar-refractivity contribution in [1.29, 1.82) is 0 Å². The van der Waals surface area contributed by atoms with Crippen LogP contribution in [0.15, 0.2) is 24.3 Å². The number of hydrogen-bond donors (Lipinski definition) is 2. The van der Waals surface area contributed by atoms with Gasteiger partial charge in [0.15, 0.2) is 0 Å². The maximum Gasteiger partial charge on any atom is 0.321 e. The Kier molecular flexibility index (Phi) is 5.98. The standard InChI is InChI=1S/C19H28N4O3/c1-3-26-17-7-5-4-6-16(17)23-12-10-22(11-13-23)14(2)18(24)21-19(25)20-15-8-9-15/h4-7,14-15H,3,8-13H2,1-2H3,(H2,20,21,24,25). The minimum absolute atomic E-state index is 0.243. The predicted octanol–water partition coefficient (Wildman–Crippen LogP) is 1.58. The van der Waals surface area contributed by atoms with Crippen molar-refractivity contribution in [3.8, 4) is 5.75 Å². The van der Waals surface area contributed by atoms with Crippen molar-refractivity contribution in [2.75, 3.05) is 37.7 Å². The van der Waals surface area contributed by atoms with Crippen LogP contribution in [0, 0.1) is 0 Å². The number of ether oxygens (including phenoxy) is 1. The molecule has 0 bridgehead atoms. The van der Waals surface area contributed by atoms with Crippen LogP contribution >= 0.6 is 0 Å². The molecule has 1 aliphatic heterocycles. The lowest BCUT2D eigenvalue weighted by atomic mass is 10.2. The molecule has 2 N–H and O–H groups in total. The molecule has 1 heterocycles. The van der Waals surface area contributed by atoms with Crippen molar-refractivity contribution in [3.63, 3.8) is 0 Å². The number of benzene rings is 1. The number of para-hydroxylation sites is 2. The Hall–Kier alpha value is -2.28. The molecule has 1 unspecified atom stereocenters. The molecular formula is C19H28N4O3. The topological polar surface area (TPSA) is 73.9 Å². The van der Waals surface area contributed by atoms with E-state index < -0.39 is 0 Å². The van der Waals surface area contributed by atoms with Gasteiger partial charge >= 0.3 is 6.03 Å². The average molecular weight is 360 g/mol. The Labute approximate surface area is 154 Å². The highest BCUT2D eigenvalue weighted by molar-refractivity contribution is 5.97. The van der Waals surface area contributed by atoms with Crippen LogP contribution in [0.5, 0.6) is 5.75 Å². The molecule has 1 atom stereocenters. The average Bonchev–Trinajstić information content (AvgIpc) is 3.46. The number of nitrogens with zero attached hydrogens (tertiary/aromatic N) is 2. The number of rotatable bonds is 6. The van der Waals surface area contributed by atoms with Crippen molar-refractivity contribution in [1.82, 2.24) is 15.5 Å². The Morgan fingerprint density at radius 2 is 1.88 bits per heavy atom. The summed E-state index contributed by atoms with van der Waals surface area (Å²) in [6.45, 7) is 7.62. The second-order valence-corrected chi connectivity index (χ2v) is 6.84. The Morgan fingerprint density at radius 1 is 1.19 bits per heavy atom. The fourth-order valence-electron chi connectivity index (χ4n) is 3.18. The van der Waals surface area contributed by atoms with E-state index in [1.54, 1.807) is 0 Å². The van der Waals surface area contributed by atoms with Crippen molar-refractivity contribution >= 4 is 17.6 Å². The van der Waals surface area contributed by atoms with Crippen LogP contribution in [0.4, 0.5) is 10.5 Å². The van der Waals surface area contributed by atoms with Crippen molar-refractivity contribution in [2.24, 2.45) is 0 Å². The normalized spacial score (nSPS) is 18.9. The molecule has 1 aromatic rings. The van der Waals surface area contributed by atoms with Gasteiger partial charge in [-0.3, -0.25) is 15.0 Å². The number of imide groups is 1. The van der Waals surface area contributed by atoms with Crippen LogP contribution in [0.1, 0.15) is 26.7 Å². The fourth-order valence-corrected chi connectivity index (χ4v) is 3.18. The van der Waals surface area contributed by atoms with Gasteiger partial charge in [-0.1, -0.05) is 12.1 Å². The lowest BCUT2D eigenvalue weighted by Gasteiger charge is -2.38. The molecule has 1 aromatic carbocycles. The summed E-state index contributed by atoms with van der Waals surface area (Å²) in [5.74, 6) is 0.650. The van der Waals surface area contributed by atoms with E-state index in [9.17, 15) is 9.59 Å². The first kappa shape index (κ1) is 18.5. The summed E-state index contributed by atoms with van der Waals surface area (Å²) in [6, 6.07) is 7.58. The van der Waals surface area contributed by atoms with E-state index in [2.05, 4.69) is 26.5 Å². The van der Waals surface area contributed by atoms with Crippen molar-refractivity contribution < 1.29 is 14.3 Å². The highest BCUT2D eigenvalue weighted by Gasteiger charge is 2.29.